The molecule has 1 heterocycles. The molecule has 1 rings (SSSR count). The third kappa shape index (κ3) is 5.25. The van der Waals surface area contributed by atoms with Crippen molar-refractivity contribution in [3.8, 4) is 0 Å². The molecular weight excluding hydrogens is 205 g/mol. The Morgan fingerprint density at radius 2 is 2.33 bits per heavy atom. The zero-order valence-electron chi connectivity index (χ0n) is 8.69. The van der Waals surface area contributed by atoms with Crippen molar-refractivity contribution in [1.82, 2.24) is 10.3 Å². The van der Waals surface area contributed by atoms with Crippen molar-refractivity contribution in [3.05, 3.63) is 29.6 Å². The summed E-state index contributed by atoms with van der Waals surface area (Å²) < 4.78 is 0. The van der Waals surface area contributed by atoms with Crippen molar-refractivity contribution in [2.75, 3.05) is 13.1 Å². The first-order chi connectivity index (χ1) is 6.74. The fourth-order valence-corrected chi connectivity index (χ4v) is 1.02. The number of hydrogen-bond acceptors (Lipinski definition) is 5. The van der Waals surface area contributed by atoms with Gasteiger partial charge < -0.3 is 21.0 Å². The van der Waals surface area contributed by atoms with E-state index in [9.17, 15) is 9.90 Å². The summed E-state index contributed by atoms with van der Waals surface area (Å²) in [5, 5.41) is 13.5. The topological polar surface area (TPSA) is 91.1 Å². The van der Waals surface area contributed by atoms with Gasteiger partial charge in [-0.05, 0) is 12.1 Å². The van der Waals surface area contributed by atoms with E-state index in [1.54, 1.807) is 0 Å². The van der Waals surface area contributed by atoms with Gasteiger partial charge in [-0.15, -0.1) is 0 Å². The average molecular weight is 217 g/mol. The first-order valence-corrected chi connectivity index (χ1v) is 4.31. The molecule has 0 radical (unpaired) electrons. The van der Waals surface area contributed by atoms with Gasteiger partial charge in [0.05, 0.1) is 11.7 Å². The van der Waals surface area contributed by atoms with Gasteiger partial charge in [0.2, 0.25) is 0 Å². The van der Waals surface area contributed by atoms with E-state index in [2.05, 4.69) is 10.3 Å². The summed E-state index contributed by atoms with van der Waals surface area (Å²) in [6, 6.07) is 2.89. The number of carboxylic acid groups (broad SMARTS) is 1. The predicted octanol–water partition coefficient (Wildman–Crippen LogP) is -4.50. The Labute approximate surface area is 110 Å². The second kappa shape index (κ2) is 7.78. The Kier molecular flexibility index (Phi) is 7.54. The molecule has 0 aliphatic carbocycles. The molecule has 0 fully saturated rings. The zero-order valence-corrected chi connectivity index (χ0v) is 10.7. The van der Waals surface area contributed by atoms with Crippen molar-refractivity contribution in [1.29, 1.82) is 0 Å². The van der Waals surface area contributed by atoms with E-state index in [1.165, 1.54) is 18.3 Å². The molecule has 0 spiro atoms. The molecule has 0 atom stereocenters. The maximum absolute atomic E-state index is 10.5. The summed E-state index contributed by atoms with van der Waals surface area (Å²) in [5.74, 6) is -1.19. The summed E-state index contributed by atoms with van der Waals surface area (Å²) in [7, 11) is 0. The molecule has 0 aliphatic rings. The van der Waals surface area contributed by atoms with Crippen LogP contribution in [0.15, 0.2) is 18.3 Å². The number of nitrogens with zero attached hydrogens (tertiary/aromatic N) is 1. The van der Waals surface area contributed by atoms with Crippen LogP contribution < -0.4 is 45.7 Å². The van der Waals surface area contributed by atoms with E-state index in [-0.39, 0.29) is 35.1 Å². The van der Waals surface area contributed by atoms with Crippen LogP contribution in [-0.2, 0) is 6.54 Å². The van der Waals surface area contributed by atoms with Crippen LogP contribution in [0.1, 0.15) is 16.1 Å². The van der Waals surface area contributed by atoms with E-state index < -0.39 is 5.97 Å². The largest absolute Gasteiger partial charge is 1.00 e. The second-order valence-electron chi connectivity index (χ2n) is 2.79. The minimum absolute atomic E-state index is 0. The molecule has 0 saturated carbocycles. The Balaban J connectivity index is 0.00000196. The molecule has 0 aromatic carbocycles. The minimum atomic E-state index is -1.19. The van der Waals surface area contributed by atoms with Crippen LogP contribution in [0, 0.1) is 0 Å². The van der Waals surface area contributed by atoms with E-state index in [0.29, 0.717) is 25.3 Å². The maximum Gasteiger partial charge on any atom is 1.00 e. The molecule has 76 valence electrons. The first-order valence-electron chi connectivity index (χ1n) is 4.31. The van der Waals surface area contributed by atoms with Crippen LogP contribution in [0.3, 0.4) is 0 Å². The summed E-state index contributed by atoms with van der Waals surface area (Å²) in [6.07, 6.45) is 1.45. The third-order valence-corrected chi connectivity index (χ3v) is 1.68. The number of aromatic nitrogens is 1. The second-order valence-corrected chi connectivity index (χ2v) is 2.79. The molecule has 3 N–H and O–H groups in total. The van der Waals surface area contributed by atoms with Crippen molar-refractivity contribution in [3.63, 3.8) is 0 Å². The number of rotatable bonds is 5. The van der Waals surface area contributed by atoms with Gasteiger partial charge in [-0.2, -0.15) is 0 Å². The van der Waals surface area contributed by atoms with Crippen molar-refractivity contribution in [2.45, 2.75) is 6.54 Å². The van der Waals surface area contributed by atoms with Gasteiger partial charge in [-0.1, -0.05) is 0 Å². The maximum atomic E-state index is 10.5. The number of carboxylic acids is 1. The Morgan fingerprint density at radius 1 is 1.60 bits per heavy atom. The molecule has 15 heavy (non-hydrogen) atoms. The number of pyridine rings is 1. The van der Waals surface area contributed by atoms with Gasteiger partial charge in [-0.25, -0.2) is 0 Å². The predicted molar refractivity (Wildman–Crippen MR) is 49.3 cm³/mol. The zero-order chi connectivity index (χ0) is 10.4. The summed E-state index contributed by atoms with van der Waals surface area (Å²) in [6.45, 7) is 1.73. The molecule has 0 amide bonds. The van der Waals surface area contributed by atoms with Gasteiger partial charge in [0, 0.05) is 31.4 Å². The van der Waals surface area contributed by atoms with Gasteiger partial charge >= 0.3 is 29.6 Å². The number of carbonyl (C=O) groups is 1. The van der Waals surface area contributed by atoms with E-state index in [0.717, 1.165) is 0 Å². The quantitative estimate of drug-likeness (QED) is 0.383. The minimum Gasteiger partial charge on any atom is -0.545 e. The molecule has 0 aliphatic heterocycles. The first kappa shape index (κ1) is 14.5. The summed E-state index contributed by atoms with van der Waals surface area (Å²) in [5.41, 5.74) is 6.09. The van der Waals surface area contributed by atoms with Gasteiger partial charge in [0.25, 0.3) is 0 Å². The fraction of sp³-hybridized carbons (Fsp3) is 0.333. The summed E-state index contributed by atoms with van der Waals surface area (Å²) >= 11 is 0. The normalized spacial score (nSPS) is 9.40. The number of nitrogens with two attached hydrogens (primary N) is 1. The van der Waals surface area contributed by atoms with Crippen LogP contribution in [0.2, 0.25) is 0 Å². The van der Waals surface area contributed by atoms with Crippen LogP contribution in [-0.4, -0.2) is 24.0 Å². The molecule has 5 nitrogen and oxygen atoms in total. The Hall–Kier alpha value is -0.460. The van der Waals surface area contributed by atoms with Crippen molar-refractivity contribution >= 4 is 5.97 Å². The van der Waals surface area contributed by atoms with Gasteiger partial charge in [-0.3, -0.25) is 4.98 Å². The monoisotopic (exact) mass is 217 g/mol. The third-order valence-electron chi connectivity index (χ3n) is 1.68. The van der Waals surface area contributed by atoms with Crippen molar-refractivity contribution < 1.29 is 39.5 Å². The number of hydrogen-bond donors (Lipinski definition) is 2. The number of nitrogens with one attached hydrogen (secondary N) is 1. The van der Waals surface area contributed by atoms with Gasteiger partial charge in [0.1, 0.15) is 0 Å². The smallest absolute Gasteiger partial charge is 0.545 e. The van der Waals surface area contributed by atoms with Crippen LogP contribution in [0.4, 0.5) is 0 Å². The molecule has 0 bridgehead atoms. The van der Waals surface area contributed by atoms with Crippen LogP contribution in [0.5, 0.6) is 0 Å². The Bertz CT molecular complexity index is 320. The number of carbonyl (C=O) groups excluding carboxylic acids is 1. The van der Waals surface area contributed by atoms with Crippen LogP contribution in [0.25, 0.3) is 0 Å². The van der Waals surface area contributed by atoms with Crippen LogP contribution >= 0.6 is 0 Å². The van der Waals surface area contributed by atoms with Crippen molar-refractivity contribution in [2.24, 2.45) is 5.73 Å². The fourth-order valence-electron chi connectivity index (χ4n) is 1.02. The molecular formula is C9H12N3NaO2. The van der Waals surface area contributed by atoms with E-state index >= 15 is 0 Å². The molecule has 1 aromatic heterocycles. The SMILES string of the molecule is NCCNCc1cc(C(=O)[O-])ccn1.[Na+]. The molecule has 0 saturated heterocycles. The molecule has 1 aromatic rings. The van der Waals surface area contributed by atoms with Gasteiger partial charge in [0.15, 0.2) is 0 Å². The molecule has 6 heteroatoms. The summed E-state index contributed by atoms with van der Waals surface area (Å²) in [4.78, 5) is 14.5. The average Bonchev–Trinajstić information content (AvgIpc) is 2.19. The van der Waals surface area contributed by atoms with E-state index in [1.807, 2.05) is 0 Å². The van der Waals surface area contributed by atoms with E-state index in [4.69, 9.17) is 5.73 Å². The number of aromatic carboxylic acids is 1. The standard InChI is InChI=1S/C9H13N3O2.Na/c10-2-4-11-6-8-5-7(9(13)14)1-3-12-8;/h1,3,5,11H,2,4,6,10H2,(H,13,14);/q;+1/p-1. The molecule has 0 unspecified atom stereocenters. The Morgan fingerprint density at radius 3 is 2.93 bits per heavy atom.